The van der Waals surface area contributed by atoms with Crippen molar-refractivity contribution >= 4 is 42.4 Å². The molecule has 0 radical (unpaired) electrons. The monoisotopic (exact) mass is 564 g/mol. The van der Waals surface area contributed by atoms with Crippen molar-refractivity contribution in [3.8, 4) is 0 Å². The molecule has 0 saturated heterocycles. The highest BCUT2D eigenvalue weighted by atomic mass is 32.1. The molecule has 0 aromatic carbocycles. The highest BCUT2D eigenvalue weighted by Gasteiger charge is 2.31. The molecule has 11 heteroatoms. The Bertz CT molecular complexity index is 643. The fourth-order valence-electron chi connectivity index (χ4n) is 2.61. The second-order valence-electron chi connectivity index (χ2n) is 8.57. The molecule has 226 valence electrons. The van der Waals surface area contributed by atoms with E-state index in [2.05, 4.69) is 48.2 Å². The quantitative estimate of drug-likeness (QED) is 0.110. The molecular weight excluding hydrogens is 508 g/mol. The first-order valence-electron chi connectivity index (χ1n) is 13.6. The van der Waals surface area contributed by atoms with E-state index < -0.39 is 34.6 Å². The lowest BCUT2D eigenvalue weighted by atomic mass is 10.00. The summed E-state index contributed by atoms with van der Waals surface area (Å²) >= 11 is 4.33. The average Bonchev–Trinajstić information content (AvgIpc) is 2.89. The van der Waals surface area contributed by atoms with Crippen molar-refractivity contribution < 1.29 is 28.7 Å². The lowest BCUT2D eigenvalue weighted by molar-refractivity contribution is -0.132. The van der Waals surface area contributed by atoms with E-state index in [-0.39, 0.29) is 24.7 Å². The number of hydrogen-bond acceptors (Lipinski definition) is 8. The highest BCUT2D eigenvalue weighted by Crippen LogP contribution is 2.19. The van der Waals surface area contributed by atoms with E-state index >= 15 is 0 Å². The average molecular weight is 565 g/mol. The van der Waals surface area contributed by atoms with Crippen LogP contribution in [0.2, 0.25) is 0 Å². The predicted octanol–water partition coefficient (Wildman–Crippen LogP) is 2.82. The van der Waals surface area contributed by atoms with Crippen molar-refractivity contribution in [1.29, 1.82) is 0 Å². The van der Waals surface area contributed by atoms with Gasteiger partial charge in [0.05, 0.1) is 17.3 Å². The third kappa shape index (κ3) is 23.2. The van der Waals surface area contributed by atoms with Gasteiger partial charge in [-0.1, -0.05) is 60.8 Å². The van der Waals surface area contributed by atoms with Crippen LogP contribution >= 0.6 is 12.6 Å². The molecule has 5 N–H and O–H groups in total. The van der Waals surface area contributed by atoms with Gasteiger partial charge in [-0.15, -0.1) is 0 Å². The standard InChI is InChI=1S/C19H33N3O6S.C5H12.C2H6.CH5N/c1-6-28-10-8-19(5,29)18(27)21-13(4)17(26)20-11-15(24)22-14(7-9-23)16(25)12(2)3;1-3-5-4-2;2*1-2/h9,12-14,29H,6-8,10-11H2,1-5H3,(H,20,26)(H,21,27)(H,22,24);3-5H2,1-2H3;1-2H3;2H2,1H3. The van der Waals surface area contributed by atoms with E-state index in [1.807, 2.05) is 20.8 Å². The number of ketones is 1. The van der Waals surface area contributed by atoms with Crippen LogP contribution in [0, 0.1) is 5.92 Å². The molecule has 0 bridgehead atoms. The number of rotatable bonds is 16. The van der Waals surface area contributed by atoms with E-state index in [1.54, 1.807) is 20.8 Å². The molecule has 0 aliphatic heterocycles. The van der Waals surface area contributed by atoms with Gasteiger partial charge < -0.3 is 31.2 Å². The van der Waals surface area contributed by atoms with Crippen LogP contribution < -0.4 is 21.7 Å². The summed E-state index contributed by atoms with van der Waals surface area (Å²) in [4.78, 5) is 59.2. The van der Waals surface area contributed by atoms with Gasteiger partial charge in [0.15, 0.2) is 5.78 Å². The number of thiol groups is 1. The minimum absolute atomic E-state index is 0.133. The zero-order valence-corrected chi connectivity index (χ0v) is 26.3. The van der Waals surface area contributed by atoms with Crippen LogP contribution in [0.1, 0.15) is 94.4 Å². The van der Waals surface area contributed by atoms with Crippen LogP contribution in [0.5, 0.6) is 0 Å². The molecule has 0 aromatic rings. The van der Waals surface area contributed by atoms with Gasteiger partial charge in [0, 0.05) is 25.6 Å². The minimum atomic E-state index is -1.01. The summed E-state index contributed by atoms with van der Waals surface area (Å²) in [6, 6.07) is -1.82. The predicted molar refractivity (Wildman–Crippen MR) is 158 cm³/mol. The van der Waals surface area contributed by atoms with Crippen LogP contribution in [-0.4, -0.2) is 73.4 Å². The van der Waals surface area contributed by atoms with Crippen LogP contribution in [0.4, 0.5) is 0 Å². The first-order chi connectivity index (χ1) is 17.9. The van der Waals surface area contributed by atoms with Gasteiger partial charge in [0.2, 0.25) is 17.7 Å². The zero-order valence-electron chi connectivity index (χ0n) is 25.4. The second kappa shape index (κ2) is 28.0. The maximum atomic E-state index is 12.3. The molecule has 10 nitrogen and oxygen atoms in total. The summed E-state index contributed by atoms with van der Waals surface area (Å²) in [7, 11) is 1.50. The lowest BCUT2D eigenvalue weighted by Crippen LogP contribution is -2.52. The van der Waals surface area contributed by atoms with Gasteiger partial charge >= 0.3 is 0 Å². The Kier molecular flexibility index (Phi) is 31.8. The summed E-state index contributed by atoms with van der Waals surface area (Å²) in [5, 5.41) is 7.38. The molecular formula is C27H56N4O6S. The topological polar surface area (TPSA) is 157 Å². The van der Waals surface area contributed by atoms with Crippen LogP contribution in [0.25, 0.3) is 0 Å². The van der Waals surface area contributed by atoms with Gasteiger partial charge in [-0.25, -0.2) is 0 Å². The number of amides is 3. The first kappa shape index (κ1) is 43.1. The first-order valence-corrected chi connectivity index (χ1v) is 14.1. The number of carbonyl (C=O) groups is 5. The molecule has 3 unspecified atom stereocenters. The Labute approximate surface area is 236 Å². The fourth-order valence-corrected chi connectivity index (χ4v) is 2.77. The van der Waals surface area contributed by atoms with Gasteiger partial charge in [0.25, 0.3) is 0 Å². The molecule has 0 aromatic heterocycles. The van der Waals surface area contributed by atoms with E-state index in [0.29, 0.717) is 25.9 Å². The number of nitrogens with one attached hydrogen (secondary N) is 3. The van der Waals surface area contributed by atoms with Crippen molar-refractivity contribution in [2.75, 3.05) is 26.8 Å². The maximum Gasteiger partial charge on any atom is 0.242 e. The normalized spacial score (nSPS) is 12.9. The molecule has 3 amide bonds. The number of carbonyl (C=O) groups excluding carboxylic acids is 5. The molecule has 3 atom stereocenters. The summed E-state index contributed by atoms with van der Waals surface area (Å²) in [6.45, 7) is 17.2. The zero-order chi connectivity index (χ0) is 30.7. The van der Waals surface area contributed by atoms with E-state index in [9.17, 15) is 24.0 Å². The van der Waals surface area contributed by atoms with Crippen molar-refractivity contribution in [3.63, 3.8) is 0 Å². The Morgan fingerprint density at radius 1 is 1.00 bits per heavy atom. The number of aldehydes is 1. The Morgan fingerprint density at radius 3 is 1.92 bits per heavy atom. The number of Topliss-reactive ketones (excluding diaryl/α,β-unsaturated/α-hetero) is 1. The van der Waals surface area contributed by atoms with Crippen molar-refractivity contribution in [1.82, 2.24) is 16.0 Å². The minimum Gasteiger partial charge on any atom is -0.382 e. The molecule has 0 aliphatic rings. The molecule has 0 spiro atoms. The van der Waals surface area contributed by atoms with Crippen LogP contribution in [0.15, 0.2) is 0 Å². The molecule has 0 fully saturated rings. The van der Waals surface area contributed by atoms with Gasteiger partial charge in [-0.05, 0) is 34.2 Å². The number of ether oxygens (including phenoxy) is 1. The number of nitrogens with two attached hydrogens (primary N) is 1. The number of hydrogen-bond donors (Lipinski definition) is 5. The van der Waals surface area contributed by atoms with Gasteiger partial charge in [-0.2, -0.15) is 12.6 Å². The smallest absolute Gasteiger partial charge is 0.242 e. The Morgan fingerprint density at radius 2 is 1.53 bits per heavy atom. The molecule has 0 saturated carbocycles. The van der Waals surface area contributed by atoms with Crippen molar-refractivity contribution in [2.45, 2.75) is 111 Å². The van der Waals surface area contributed by atoms with Crippen LogP contribution in [0.3, 0.4) is 0 Å². The Balaban J connectivity index is -0.000000559. The van der Waals surface area contributed by atoms with Crippen molar-refractivity contribution in [2.24, 2.45) is 11.7 Å². The molecule has 0 aliphatic carbocycles. The Hall–Kier alpha value is -1.98. The van der Waals surface area contributed by atoms with Gasteiger partial charge in [0.1, 0.15) is 12.3 Å². The van der Waals surface area contributed by atoms with E-state index in [1.165, 1.54) is 33.2 Å². The number of unbranched alkanes of at least 4 members (excludes halogenated alkanes) is 2. The largest absolute Gasteiger partial charge is 0.382 e. The summed E-state index contributed by atoms with van der Waals surface area (Å²) < 4.78 is 4.21. The lowest BCUT2D eigenvalue weighted by Gasteiger charge is -2.24. The van der Waals surface area contributed by atoms with Crippen molar-refractivity contribution in [3.05, 3.63) is 0 Å². The molecule has 0 rings (SSSR count). The molecule has 38 heavy (non-hydrogen) atoms. The maximum absolute atomic E-state index is 12.3. The fraction of sp³-hybridized carbons (Fsp3) is 0.815. The van der Waals surface area contributed by atoms with E-state index in [0.717, 1.165) is 0 Å². The van der Waals surface area contributed by atoms with E-state index in [4.69, 9.17) is 4.74 Å². The summed E-state index contributed by atoms with van der Waals surface area (Å²) in [6.07, 6.45) is 4.87. The third-order valence-electron chi connectivity index (χ3n) is 4.88. The molecule has 0 heterocycles. The van der Waals surface area contributed by atoms with Crippen LogP contribution in [-0.2, 0) is 28.7 Å². The summed E-state index contributed by atoms with van der Waals surface area (Å²) in [5.74, 6) is -2.21. The SMILES string of the molecule is CC.CCCCC.CCOCCC(C)(S)C(=O)NC(C)C(=O)NCC(=O)NC(CC=O)C(=O)C(C)C.CN. The highest BCUT2D eigenvalue weighted by molar-refractivity contribution is 7.82. The second-order valence-corrected chi connectivity index (χ2v) is 9.55. The summed E-state index contributed by atoms with van der Waals surface area (Å²) in [5.41, 5.74) is 4.50. The van der Waals surface area contributed by atoms with Gasteiger partial charge in [-0.3, -0.25) is 19.2 Å². The third-order valence-corrected chi connectivity index (χ3v) is 5.30.